The molecule has 19 heavy (non-hydrogen) atoms. The SMILES string of the molecule is COc1ccc2c(c1)C(N)CC1(CCOC(C)C1)O2. The Hall–Kier alpha value is -1.26. The zero-order chi connectivity index (χ0) is 13.5. The summed E-state index contributed by atoms with van der Waals surface area (Å²) in [5.74, 6) is 1.72. The van der Waals surface area contributed by atoms with Gasteiger partial charge in [0.2, 0.25) is 0 Å². The first kappa shape index (κ1) is 12.8. The molecule has 3 rings (SSSR count). The van der Waals surface area contributed by atoms with Gasteiger partial charge in [-0.25, -0.2) is 0 Å². The average molecular weight is 263 g/mol. The summed E-state index contributed by atoms with van der Waals surface area (Å²) in [5.41, 5.74) is 7.24. The van der Waals surface area contributed by atoms with E-state index in [4.69, 9.17) is 19.9 Å². The summed E-state index contributed by atoms with van der Waals surface area (Å²) in [4.78, 5) is 0. The summed E-state index contributed by atoms with van der Waals surface area (Å²) < 4.78 is 17.2. The fourth-order valence-electron chi connectivity index (χ4n) is 3.23. The Morgan fingerprint density at radius 2 is 2.21 bits per heavy atom. The number of rotatable bonds is 1. The van der Waals surface area contributed by atoms with Crippen LogP contribution in [0.15, 0.2) is 18.2 Å². The van der Waals surface area contributed by atoms with Gasteiger partial charge in [-0.05, 0) is 25.1 Å². The van der Waals surface area contributed by atoms with Crippen molar-refractivity contribution in [1.82, 2.24) is 0 Å². The monoisotopic (exact) mass is 263 g/mol. The van der Waals surface area contributed by atoms with Gasteiger partial charge in [0, 0.05) is 30.9 Å². The minimum atomic E-state index is -0.154. The Morgan fingerprint density at radius 1 is 1.37 bits per heavy atom. The number of methoxy groups -OCH3 is 1. The van der Waals surface area contributed by atoms with E-state index < -0.39 is 0 Å². The lowest BCUT2D eigenvalue weighted by molar-refractivity contribution is -0.0949. The quantitative estimate of drug-likeness (QED) is 0.845. The summed E-state index contributed by atoms with van der Waals surface area (Å²) in [6, 6.07) is 5.88. The Balaban J connectivity index is 1.91. The molecule has 1 fully saturated rings. The molecule has 1 aromatic carbocycles. The molecule has 0 radical (unpaired) electrons. The summed E-state index contributed by atoms with van der Waals surface area (Å²) in [7, 11) is 1.67. The standard InChI is InChI=1S/C15H21NO3/c1-10-8-15(5-6-18-10)9-13(16)12-7-11(17-2)3-4-14(12)19-15/h3-4,7,10,13H,5-6,8-9,16H2,1-2H3. The second-order valence-corrected chi connectivity index (χ2v) is 5.63. The van der Waals surface area contributed by atoms with E-state index in [1.807, 2.05) is 18.2 Å². The first-order valence-corrected chi connectivity index (χ1v) is 6.86. The lowest BCUT2D eigenvalue weighted by Crippen LogP contribution is -2.49. The Kier molecular flexibility index (Phi) is 3.15. The zero-order valence-electron chi connectivity index (χ0n) is 11.5. The van der Waals surface area contributed by atoms with Crippen molar-refractivity contribution in [2.75, 3.05) is 13.7 Å². The van der Waals surface area contributed by atoms with Crippen molar-refractivity contribution < 1.29 is 14.2 Å². The van der Waals surface area contributed by atoms with Crippen molar-refractivity contribution in [3.63, 3.8) is 0 Å². The predicted octanol–water partition coefficient (Wildman–Crippen LogP) is 2.42. The highest BCUT2D eigenvalue weighted by atomic mass is 16.5. The molecular weight excluding hydrogens is 242 g/mol. The predicted molar refractivity (Wildman–Crippen MR) is 72.5 cm³/mol. The molecule has 104 valence electrons. The summed E-state index contributed by atoms with van der Waals surface area (Å²) in [5, 5.41) is 0. The maximum Gasteiger partial charge on any atom is 0.125 e. The van der Waals surface area contributed by atoms with Gasteiger partial charge in [0.15, 0.2) is 0 Å². The number of nitrogens with two attached hydrogens (primary N) is 1. The van der Waals surface area contributed by atoms with E-state index in [1.165, 1.54) is 0 Å². The molecule has 0 aromatic heterocycles. The van der Waals surface area contributed by atoms with E-state index in [0.29, 0.717) is 0 Å². The topological polar surface area (TPSA) is 53.7 Å². The van der Waals surface area contributed by atoms with Crippen LogP contribution < -0.4 is 15.2 Å². The maximum absolute atomic E-state index is 6.34. The molecular formula is C15H21NO3. The highest BCUT2D eigenvalue weighted by molar-refractivity contribution is 5.44. The van der Waals surface area contributed by atoms with Crippen LogP contribution in [0.4, 0.5) is 0 Å². The van der Waals surface area contributed by atoms with Gasteiger partial charge in [-0.15, -0.1) is 0 Å². The highest BCUT2D eigenvalue weighted by Gasteiger charge is 2.43. The number of fused-ring (bicyclic) bond motifs is 1. The lowest BCUT2D eigenvalue weighted by atomic mass is 9.80. The maximum atomic E-state index is 6.34. The molecule has 4 heteroatoms. The largest absolute Gasteiger partial charge is 0.497 e. The van der Waals surface area contributed by atoms with Gasteiger partial charge in [0.25, 0.3) is 0 Å². The van der Waals surface area contributed by atoms with E-state index in [9.17, 15) is 0 Å². The minimum absolute atomic E-state index is 0.00384. The molecule has 2 N–H and O–H groups in total. The minimum Gasteiger partial charge on any atom is -0.497 e. The van der Waals surface area contributed by atoms with Crippen LogP contribution in [-0.4, -0.2) is 25.4 Å². The van der Waals surface area contributed by atoms with Gasteiger partial charge in [-0.3, -0.25) is 0 Å². The highest BCUT2D eigenvalue weighted by Crippen LogP contribution is 2.45. The fraction of sp³-hybridized carbons (Fsp3) is 0.600. The number of hydrogen-bond acceptors (Lipinski definition) is 4. The van der Waals surface area contributed by atoms with E-state index in [0.717, 1.165) is 42.9 Å². The molecule has 0 saturated carbocycles. The Labute approximate surface area is 113 Å². The first-order chi connectivity index (χ1) is 9.12. The van der Waals surface area contributed by atoms with Gasteiger partial charge >= 0.3 is 0 Å². The molecule has 1 aromatic rings. The summed E-state index contributed by atoms with van der Waals surface area (Å²) >= 11 is 0. The van der Waals surface area contributed by atoms with Gasteiger partial charge < -0.3 is 19.9 Å². The molecule has 4 nitrogen and oxygen atoms in total. The van der Waals surface area contributed by atoms with Crippen LogP contribution >= 0.6 is 0 Å². The molecule has 3 unspecified atom stereocenters. The Bertz CT molecular complexity index is 476. The number of hydrogen-bond donors (Lipinski definition) is 1. The fourth-order valence-corrected chi connectivity index (χ4v) is 3.23. The van der Waals surface area contributed by atoms with Crippen molar-refractivity contribution in [3.05, 3.63) is 23.8 Å². The smallest absolute Gasteiger partial charge is 0.125 e. The van der Waals surface area contributed by atoms with Crippen LogP contribution in [-0.2, 0) is 4.74 Å². The average Bonchev–Trinajstić information content (AvgIpc) is 2.38. The normalized spacial score (nSPS) is 33.6. The third kappa shape index (κ3) is 2.30. The summed E-state index contributed by atoms with van der Waals surface area (Å²) in [6.45, 7) is 2.85. The van der Waals surface area contributed by atoms with E-state index in [2.05, 4.69) is 6.92 Å². The van der Waals surface area contributed by atoms with E-state index in [-0.39, 0.29) is 17.7 Å². The molecule has 0 amide bonds. The molecule has 0 bridgehead atoms. The molecule has 3 atom stereocenters. The third-order valence-electron chi connectivity index (χ3n) is 4.15. The number of ether oxygens (including phenoxy) is 3. The molecule has 1 spiro atoms. The molecule has 2 aliphatic heterocycles. The molecule has 1 saturated heterocycles. The summed E-state index contributed by atoms with van der Waals surface area (Å²) in [6.07, 6.45) is 2.91. The van der Waals surface area contributed by atoms with Crippen LogP contribution in [0.3, 0.4) is 0 Å². The molecule has 2 aliphatic rings. The van der Waals surface area contributed by atoms with Gasteiger partial charge in [-0.1, -0.05) is 0 Å². The first-order valence-electron chi connectivity index (χ1n) is 6.86. The Morgan fingerprint density at radius 3 is 2.95 bits per heavy atom. The van der Waals surface area contributed by atoms with Gasteiger partial charge in [0.1, 0.15) is 17.1 Å². The van der Waals surface area contributed by atoms with Crippen molar-refractivity contribution in [3.8, 4) is 11.5 Å². The second kappa shape index (κ2) is 4.69. The number of benzene rings is 1. The van der Waals surface area contributed by atoms with Crippen LogP contribution in [0.2, 0.25) is 0 Å². The van der Waals surface area contributed by atoms with Gasteiger partial charge in [0.05, 0.1) is 19.8 Å². The van der Waals surface area contributed by atoms with Crippen molar-refractivity contribution in [1.29, 1.82) is 0 Å². The van der Waals surface area contributed by atoms with E-state index in [1.54, 1.807) is 7.11 Å². The van der Waals surface area contributed by atoms with Crippen LogP contribution in [0.1, 0.15) is 37.8 Å². The lowest BCUT2D eigenvalue weighted by Gasteiger charge is -2.45. The second-order valence-electron chi connectivity index (χ2n) is 5.63. The zero-order valence-corrected chi connectivity index (χ0v) is 11.5. The van der Waals surface area contributed by atoms with Crippen molar-refractivity contribution >= 4 is 0 Å². The molecule has 2 heterocycles. The van der Waals surface area contributed by atoms with Crippen molar-refractivity contribution in [2.24, 2.45) is 5.73 Å². The third-order valence-corrected chi connectivity index (χ3v) is 4.15. The van der Waals surface area contributed by atoms with Gasteiger partial charge in [-0.2, -0.15) is 0 Å². The molecule has 0 aliphatic carbocycles. The van der Waals surface area contributed by atoms with Crippen LogP contribution in [0, 0.1) is 0 Å². The van der Waals surface area contributed by atoms with Crippen LogP contribution in [0.5, 0.6) is 11.5 Å². The van der Waals surface area contributed by atoms with Crippen molar-refractivity contribution in [2.45, 2.75) is 43.9 Å². The van der Waals surface area contributed by atoms with Crippen LogP contribution in [0.25, 0.3) is 0 Å². The van der Waals surface area contributed by atoms with E-state index >= 15 is 0 Å².